The molecule has 0 aliphatic carbocycles. The summed E-state index contributed by atoms with van der Waals surface area (Å²) in [6, 6.07) is 8.59. The van der Waals surface area contributed by atoms with Crippen molar-refractivity contribution in [3.8, 4) is 0 Å². The molecule has 19 heavy (non-hydrogen) atoms. The largest absolute Gasteiger partial charge is 0.298 e. The topological polar surface area (TPSA) is 17.1 Å². The highest BCUT2D eigenvalue weighted by atomic mass is 79.9. The minimum Gasteiger partial charge on any atom is -0.298 e. The normalized spacial score (nSPS) is 14.3. The van der Waals surface area contributed by atoms with Gasteiger partial charge in [-0.15, -0.1) is 0 Å². The Morgan fingerprint density at radius 1 is 1.05 bits per heavy atom. The first-order chi connectivity index (χ1) is 8.51. The van der Waals surface area contributed by atoms with Gasteiger partial charge in [-0.1, -0.05) is 81.7 Å². The molecule has 0 heterocycles. The van der Waals surface area contributed by atoms with Gasteiger partial charge in [0.2, 0.25) is 0 Å². The molecule has 1 unspecified atom stereocenters. The van der Waals surface area contributed by atoms with Gasteiger partial charge in [0.15, 0.2) is 5.78 Å². The molecule has 0 bridgehead atoms. The summed E-state index contributed by atoms with van der Waals surface area (Å²) in [7, 11) is 0. The van der Waals surface area contributed by atoms with Crippen molar-refractivity contribution in [3.63, 3.8) is 0 Å². The van der Waals surface area contributed by atoms with Crippen molar-refractivity contribution >= 4 is 21.7 Å². The van der Waals surface area contributed by atoms with E-state index >= 15 is 0 Å². The summed E-state index contributed by atoms with van der Waals surface area (Å²) >= 11 is 3.52. The lowest BCUT2D eigenvalue weighted by atomic mass is 9.85. The maximum Gasteiger partial charge on any atom is 0.152 e. The fourth-order valence-corrected chi connectivity index (χ4v) is 2.97. The van der Waals surface area contributed by atoms with Crippen LogP contribution in [-0.2, 0) is 16.6 Å². The van der Waals surface area contributed by atoms with E-state index in [1.165, 1.54) is 11.1 Å². The molecular weight excluding hydrogens is 300 g/mol. The molecule has 1 atom stereocenters. The Hall–Kier alpha value is -0.630. The molecule has 2 heteroatoms. The Bertz CT molecular complexity index is 432. The maximum absolute atomic E-state index is 12.1. The zero-order chi connectivity index (χ0) is 14.8. The standard InChI is InChI=1S/C17H25BrO/c1-16(2,3)13-9-7-12(8-10-13)11-14(18)15(19)17(4,5)6/h7-10,14H,11H2,1-6H3. The van der Waals surface area contributed by atoms with Gasteiger partial charge in [0.05, 0.1) is 4.83 Å². The molecule has 0 saturated heterocycles. The number of hydrogen-bond acceptors (Lipinski definition) is 1. The van der Waals surface area contributed by atoms with Gasteiger partial charge in [-0.05, 0) is 23.0 Å². The molecule has 0 spiro atoms. The van der Waals surface area contributed by atoms with E-state index in [-0.39, 0.29) is 21.4 Å². The van der Waals surface area contributed by atoms with Crippen LogP contribution in [0.4, 0.5) is 0 Å². The number of carbonyl (C=O) groups is 1. The Kier molecular flexibility index (Phi) is 5.00. The predicted molar refractivity (Wildman–Crippen MR) is 86.0 cm³/mol. The number of hydrogen-bond donors (Lipinski definition) is 0. The monoisotopic (exact) mass is 324 g/mol. The van der Waals surface area contributed by atoms with Crippen molar-refractivity contribution in [2.45, 2.75) is 58.2 Å². The molecule has 0 saturated carbocycles. The lowest BCUT2D eigenvalue weighted by Gasteiger charge is -2.22. The summed E-state index contributed by atoms with van der Waals surface area (Å²) in [6.45, 7) is 12.5. The van der Waals surface area contributed by atoms with Crippen LogP contribution in [0, 0.1) is 5.41 Å². The van der Waals surface area contributed by atoms with E-state index in [4.69, 9.17) is 0 Å². The van der Waals surface area contributed by atoms with Crippen LogP contribution in [0.5, 0.6) is 0 Å². The van der Waals surface area contributed by atoms with Gasteiger partial charge < -0.3 is 0 Å². The summed E-state index contributed by atoms with van der Waals surface area (Å²) in [5.74, 6) is 0.257. The minimum atomic E-state index is -0.292. The van der Waals surface area contributed by atoms with Gasteiger partial charge in [-0.25, -0.2) is 0 Å². The summed E-state index contributed by atoms with van der Waals surface area (Å²) < 4.78 is 0. The zero-order valence-electron chi connectivity index (χ0n) is 12.9. The number of carbonyl (C=O) groups excluding carboxylic acids is 1. The van der Waals surface area contributed by atoms with E-state index in [1.807, 2.05) is 20.8 Å². The first kappa shape index (κ1) is 16.4. The van der Waals surface area contributed by atoms with Crippen molar-refractivity contribution in [2.24, 2.45) is 5.41 Å². The van der Waals surface area contributed by atoms with Gasteiger partial charge in [0, 0.05) is 5.41 Å². The Morgan fingerprint density at radius 2 is 1.53 bits per heavy atom. The van der Waals surface area contributed by atoms with Crippen molar-refractivity contribution in [2.75, 3.05) is 0 Å². The third-order valence-corrected chi connectivity index (χ3v) is 4.00. The average molecular weight is 325 g/mol. The Labute approximate surface area is 125 Å². The van der Waals surface area contributed by atoms with Crippen LogP contribution in [0.2, 0.25) is 0 Å². The summed E-state index contributed by atoms with van der Waals surface area (Å²) in [6.07, 6.45) is 0.751. The second kappa shape index (κ2) is 5.78. The van der Waals surface area contributed by atoms with Crippen LogP contribution in [0.25, 0.3) is 0 Å². The molecule has 1 aromatic rings. The molecule has 0 aliphatic rings. The van der Waals surface area contributed by atoms with Crippen LogP contribution in [0.3, 0.4) is 0 Å². The number of ketones is 1. The van der Waals surface area contributed by atoms with E-state index in [1.54, 1.807) is 0 Å². The van der Waals surface area contributed by atoms with E-state index in [9.17, 15) is 4.79 Å². The molecule has 0 radical (unpaired) electrons. The van der Waals surface area contributed by atoms with E-state index < -0.39 is 0 Å². The third kappa shape index (κ3) is 4.76. The number of rotatable bonds is 3. The molecular formula is C17H25BrO. The summed E-state index contributed by atoms with van der Waals surface area (Å²) in [5, 5.41) is 0. The summed E-state index contributed by atoms with van der Waals surface area (Å²) in [5.41, 5.74) is 2.41. The zero-order valence-corrected chi connectivity index (χ0v) is 14.5. The van der Waals surface area contributed by atoms with E-state index in [2.05, 4.69) is 61.0 Å². The van der Waals surface area contributed by atoms with Crippen LogP contribution >= 0.6 is 15.9 Å². The van der Waals surface area contributed by atoms with Gasteiger partial charge in [0.25, 0.3) is 0 Å². The van der Waals surface area contributed by atoms with Crippen LogP contribution < -0.4 is 0 Å². The van der Waals surface area contributed by atoms with E-state index in [0.29, 0.717) is 0 Å². The van der Waals surface area contributed by atoms with Crippen LogP contribution in [0.1, 0.15) is 52.7 Å². The first-order valence-corrected chi connectivity index (χ1v) is 7.71. The predicted octanol–water partition coefficient (Wildman–Crippen LogP) is 4.91. The maximum atomic E-state index is 12.1. The number of benzene rings is 1. The molecule has 0 aromatic heterocycles. The lowest BCUT2D eigenvalue weighted by molar-refractivity contribution is -0.125. The Balaban J connectivity index is 2.77. The fraction of sp³-hybridized carbons (Fsp3) is 0.588. The molecule has 1 rings (SSSR count). The second-order valence-electron chi connectivity index (χ2n) is 7.23. The van der Waals surface area contributed by atoms with Gasteiger partial charge in [-0.3, -0.25) is 4.79 Å². The minimum absolute atomic E-state index is 0.104. The second-order valence-corrected chi connectivity index (χ2v) is 8.34. The van der Waals surface area contributed by atoms with Crippen LogP contribution in [-0.4, -0.2) is 10.6 Å². The van der Waals surface area contributed by atoms with Crippen molar-refractivity contribution in [1.82, 2.24) is 0 Å². The van der Waals surface area contributed by atoms with Crippen molar-refractivity contribution < 1.29 is 4.79 Å². The van der Waals surface area contributed by atoms with E-state index in [0.717, 1.165) is 6.42 Å². The summed E-state index contributed by atoms with van der Waals surface area (Å²) in [4.78, 5) is 12.0. The molecule has 0 fully saturated rings. The molecule has 0 amide bonds. The third-order valence-electron chi connectivity index (χ3n) is 3.26. The highest BCUT2D eigenvalue weighted by Gasteiger charge is 2.27. The fourth-order valence-electron chi connectivity index (χ4n) is 1.91. The van der Waals surface area contributed by atoms with Crippen molar-refractivity contribution in [3.05, 3.63) is 35.4 Å². The molecule has 1 nitrogen and oxygen atoms in total. The van der Waals surface area contributed by atoms with Gasteiger partial charge >= 0.3 is 0 Å². The quantitative estimate of drug-likeness (QED) is 0.722. The first-order valence-electron chi connectivity index (χ1n) is 6.79. The molecule has 1 aromatic carbocycles. The van der Waals surface area contributed by atoms with Gasteiger partial charge in [-0.2, -0.15) is 0 Å². The lowest BCUT2D eigenvalue weighted by Crippen LogP contribution is -2.30. The van der Waals surface area contributed by atoms with Gasteiger partial charge in [0.1, 0.15) is 0 Å². The Morgan fingerprint density at radius 3 is 1.89 bits per heavy atom. The highest BCUT2D eigenvalue weighted by molar-refractivity contribution is 9.10. The molecule has 0 N–H and O–H groups in total. The molecule has 106 valence electrons. The SMILES string of the molecule is CC(C)(C)C(=O)C(Br)Cc1ccc(C(C)(C)C)cc1. The smallest absolute Gasteiger partial charge is 0.152 e. The molecule has 0 aliphatic heterocycles. The van der Waals surface area contributed by atoms with Crippen LogP contribution in [0.15, 0.2) is 24.3 Å². The highest BCUT2D eigenvalue weighted by Crippen LogP contribution is 2.25. The van der Waals surface area contributed by atoms with Crippen molar-refractivity contribution in [1.29, 1.82) is 0 Å². The number of Topliss-reactive ketones (excluding diaryl/α,β-unsaturated/α-hetero) is 1. The average Bonchev–Trinajstić information content (AvgIpc) is 2.26. The number of alkyl halides is 1. The number of halogens is 1.